The molecule has 0 spiro atoms. The van der Waals surface area contributed by atoms with Crippen LogP contribution < -0.4 is 0 Å². The topological polar surface area (TPSA) is 80.6 Å². The van der Waals surface area contributed by atoms with E-state index < -0.39 is 9.84 Å². The van der Waals surface area contributed by atoms with Gasteiger partial charge in [-0.1, -0.05) is 19.1 Å². The Kier molecular flexibility index (Phi) is 7.12. The van der Waals surface area contributed by atoms with Crippen molar-refractivity contribution in [2.75, 3.05) is 5.75 Å². The second-order valence-electron chi connectivity index (χ2n) is 8.72. The van der Waals surface area contributed by atoms with Crippen molar-refractivity contribution in [1.82, 2.24) is 19.5 Å². The molecule has 0 fully saturated rings. The maximum Gasteiger partial charge on any atom is 0.152 e. The fraction of sp³-hybridized carbons (Fsp3) is 0.259. The van der Waals surface area contributed by atoms with Crippen molar-refractivity contribution < 1.29 is 8.42 Å². The van der Waals surface area contributed by atoms with Crippen molar-refractivity contribution in [3.8, 4) is 5.69 Å². The molecule has 0 aliphatic rings. The number of aromatic nitrogens is 4. The number of rotatable bonds is 6. The molecule has 6 nitrogen and oxygen atoms in total. The van der Waals surface area contributed by atoms with E-state index in [1.807, 2.05) is 42.7 Å². The zero-order valence-corrected chi connectivity index (χ0v) is 20.5. The van der Waals surface area contributed by atoms with Crippen LogP contribution in [0.3, 0.4) is 0 Å². The molecule has 34 heavy (non-hydrogen) atoms. The number of pyridine rings is 2. The first-order valence-corrected chi connectivity index (χ1v) is 13.2. The van der Waals surface area contributed by atoms with Crippen molar-refractivity contribution in [2.45, 2.75) is 38.4 Å². The van der Waals surface area contributed by atoms with E-state index in [1.54, 1.807) is 26.2 Å². The highest BCUT2D eigenvalue weighted by molar-refractivity contribution is 7.91. The summed E-state index contributed by atoms with van der Waals surface area (Å²) in [6, 6.07) is 20.3. The highest BCUT2D eigenvalue weighted by atomic mass is 32.2. The number of hydrogen-bond acceptors (Lipinski definition) is 4. The van der Waals surface area contributed by atoms with Crippen molar-refractivity contribution in [1.29, 1.82) is 0 Å². The van der Waals surface area contributed by atoms with Gasteiger partial charge >= 0.3 is 0 Å². The third-order valence-electron chi connectivity index (χ3n) is 6.06. The van der Waals surface area contributed by atoms with Crippen LogP contribution in [-0.2, 0) is 9.84 Å². The number of H-pyrrole nitrogens is 1. The summed E-state index contributed by atoms with van der Waals surface area (Å²) in [4.78, 5) is 11.5. The highest BCUT2D eigenvalue weighted by Gasteiger charge is 2.18. The van der Waals surface area contributed by atoms with Gasteiger partial charge in [0, 0.05) is 41.2 Å². The molecule has 4 aromatic heterocycles. The molecule has 0 saturated heterocycles. The molecule has 176 valence electrons. The highest BCUT2D eigenvalue weighted by Crippen LogP contribution is 2.24. The SMILES string of the molecule is CC(C)S(=O)(=O)CC[C@H](C)c1ccc(-n2ccc3cccnc32)cc1.c1cnc2[nH]ccc2c1. The number of aromatic amines is 1. The van der Waals surface area contributed by atoms with Crippen molar-refractivity contribution >= 4 is 31.9 Å². The van der Waals surface area contributed by atoms with Crippen LogP contribution >= 0.6 is 0 Å². The Morgan fingerprint density at radius 1 is 0.882 bits per heavy atom. The predicted octanol–water partition coefficient (Wildman–Crippen LogP) is 5.91. The maximum absolute atomic E-state index is 12.0. The zero-order valence-electron chi connectivity index (χ0n) is 19.7. The van der Waals surface area contributed by atoms with E-state index in [0.717, 1.165) is 33.3 Å². The molecule has 0 amide bonds. The average molecular weight is 475 g/mol. The van der Waals surface area contributed by atoms with Gasteiger partial charge in [-0.3, -0.25) is 0 Å². The van der Waals surface area contributed by atoms with Gasteiger partial charge < -0.3 is 9.55 Å². The molecular formula is C27H30N4O2S. The summed E-state index contributed by atoms with van der Waals surface area (Å²) in [5.74, 6) is 0.446. The van der Waals surface area contributed by atoms with E-state index in [1.165, 1.54) is 0 Å². The summed E-state index contributed by atoms with van der Waals surface area (Å²) in [6.45, 7) is 5.56. The second-order valence-corrected chi connectivity index (χ2v) is 11.4. The van der Waals surface area contributed by atoms with Crippen molar-refractivity contribution in [2.24, 2.45) is 0 Å². The number of benzene rings is 1. The second kappa shape index (κ2) is 10.2. The molecule has 0 saturated carbocycles. The molecule has 1 N–H and O–H groups in total. The molecule has 0 unspecified atom stereocenters. The third-order valence-corrected chi connectivity index (χ3v) is 8.31. The van der Waals surface area contributed by atoms with Crippen LogP contribution in [0.25, 0.3) is 27.8 Å². The van der Waals surface area contributed by atoms with Crippen molar-refractivity contribution in [3.63, 3.8) is 0 Å². The van der Waals surface area contributed by atoms with E-state index in [2.05, 4.69) is 56.8 Å². The standard InChI is InChI=1S/C20H24N2O2S.C7H6N2/c1-15(2)25(23,24)14-11-16(3)17-6-8-19(9-7-17)22-13-10-18-5-4-12-21-20(18)22;1-2-6-3-5-9-7(6)8-4-1/h4-10,12-13,15-16H,11,14H2,1-3H3;1-5H,(H,8,9)/t16-;/m0./s1. The molecule has 7 heteroatoms. The van der Waals surface area contributed by atoms with Gasteiger partial charge in [0.2, 0.25) is 0 Å². The number of nitrogens with zero attached hydrogens (tertiary/aromatic N) is 3. The lowest BCUT2D eigenvalue weighted by atomic mass is 9.98. The van der Waals surface area contributed by atoms with Gasteiger partial charge in [0.1, 0.15) is 11.3 Å². The quantitative estimate of drug-likeness (QED) is 0.332. The lowest BCUT2D eigenvalue weighted by molar-refractivity contribution is 0.580. The lowest BCUT2D eigenvalue weighted by Gasteiger charge is -2.14. The summed E-state index contributed by atoms with van der Waals surface area (Å²) in [7, 11) is -2.98. The summed E-state index contributed by atoms with van der Waals surface area (Å²) < 4.78 is 26.0. The summed E-state index contributed by atoms with van der Waals surface area (Å²) in [5, 5.41) is 1.97. The first-order valence-electron chi connectivity index (χ1n) is 11.5. The largest absolute Gasteiger partial charge is 0.346 e. The van der Waals surface area contributed by atoms with Gasteiger partial charge in [0.25, 0.3) is 0 Å². The van der Waals surface area contributed by atoms with Gasteiger partial charge in [0.05, 0.1) is 11.0 Å². The Morgan fingerprint density at radius 3 is 2.29 bits per heavy atom. The Hall–Kier alpha value is -3.45. The molecule has 1 atom stereocenters. The normalized spacial score (nSPS) is 12.6. The molecule has 0 radical (unpaired) electrons. The van der Waals surface area contributed by atoms with Crippen LogP contribution in [0.1, 0.15) is 38.7 Å². The minimum atomic E-state index is -2.98. The molecule has 0 bridgehead atoms. The monoisotopic (exact) mass is 474 g/mol. The summed E-state index contributed by atoms with van der Waals surface area (Å²) in [6.07, 6.45) is 8.13. The molecule has 5 aromatic rings. The molecule has 5 rings (SSSR count). The van der Waals surface area contributed by atoms with Gasteiger partial charge in [-0.2, -0.15) is 0 Å². The third kappa shape index (κ3) is 5.37. The number of nitrogens with one attached hydrogen (secondary N) is 1. The summed E-state index contributed by atoms with van der Waals surface area (Å²) in [5.41, 5.74) is 4.11. The van der Waals surface area contributed by atoms with Crippen LogP contribution in [0.15, 0.2) is 85.5 Å². The maximum atomic E-state index is 12.0. The fourth-order valence-electron chi connectivity index (χ4n) is 3.76. The van der Waals surface area contributed by atoms with E-state index in [-0.39, 0.29) is 16.9 Å². The molecule has 0 aliphatic carbocycles. The van der Waals surface area contributed by atoms with Crippen LogP contribution in [0, 0.1) is 0 Å². The smallest absolute Gasteiger partial charge is 0.152 e. The van der Waals surface area contributed by atoms with Gasteiger partial charge in [0.15, 0.2) is 9.84 Å². The van der Waals surface area contributed by atoms with Crippen molar-refractivity contribution in [3.05, 3.63) is 91.0 Å². The van der Waals surface area contributed by atoms with Gasteiger partial charge in [-0.15, -0.1) is 0 Å². The minimum absolute atomic E-state index is 0.210. The van der Waals surface area contributed by atoms with E-state index in [4.69, 9.17) is 0 Å². The number of fused-ring (bicyclic) bond motifs is 2. The number of sulfone groups is 1. The zero-order chi connectivity index (χ0) is 24.1. The first-order chi connectivity index (χ1) is 16.3. The Labute approximate surface area is 200 Å². The fourth-order valence-corrected chi connectivity index (χ4v) is 4.92. The molecule has 0 aliphatic heterocycles. The predicted molar refractivity (Wildman–Crippen MR) is 139 cm³/mol. The van der Waals surface area contributed by atoms with Gasteiger partial charge in [-0.05, 0) is 80.3 Å². The summed E-state index contributed by atoms with van der Waals surface area (Å²) >= 11 is 0. The van der Waals surface area contributed by atoms with Crippen LogP contribution in [0.4, 0.5) is 0 Å². The first kappa shape index (κ1) is 23.7. The number of hydrogen-bond donors (Lipinski definition) is 1. The average Bonchev–Trinajstić information content (AvgIpc) is 3.50. The Balaban J connectivity index is 0.000000252. The Bertz CT molecular complexity index is 1440. The molecular weight excluding hydrogens is 444 g/mol. The van der Waals surface area contributed by atoms with Crippen LogP contribution in [0.5, 0.6) is 0 Å². The van der Waals surface area contributed by atoms with Gasteiger partial charge in [-0.25, -0.2) is 18.4 Å². The lowest BCUT2D eigenvalue weighted by Crippen LogP contribution is -2.18. The Morgan fingerprint density at radius 2 is 1.59 bits per heavy atom. The van der Waals surface area contributed by atoms with Crippen LogP contribution in [-0.4, -0.2) is 38.9 Å². The van der Waals surface area contributed by atoms with E-state index in [0.29, 0.717) is 6.42 Å². The molecule has 4 heterocycles. The van der Waals surface area contributed by atoms with E-state index in [9.17, 15) is 8.42 Å². The minimum Gasteiger partial charge on any atom is -0.346 e. The molecule has 1 aromatic carbocycles. The van der Waals surface area contributed by atoms with Crippen LogP contribution in [0.2, 0.25) is 0 Å². The van der Waals surface area contributed by atoms with E-state index >= 15 is 0 Å².